The standard InChI is InChI=1S/C12H9FN4O4/c13-9-5-7(1-2-10(9)17(19)20)21-11-6-15-4-3-8(11)12(14)16-18/h1-6,18H,(H2,14,16). The summed E-state index contributed by atoms with van der Waals surface area (Å²) in [5, 5.41) is 22.0. The number of halogens is 1. The fourth-order valence-corrected chi connectivity index (χ4v) is 1.55. The summed E-state index contributed by atoms with van der Waals surface area (Å²) in [5.41, 5.74) is 5.05. The summed E-state index contributed by atoms with van der Waals surface area (Å²) < 4.78 is 18.9. The number of hydrogen-bond donors (Lipinski definition) is 2. The van der Waals surface area contributed by atoms with Gasteiger partial charge in [-0.1, -0.05) is 5.16 Å². The summed E-state index contributed by atoms with van der Waals surface area (Å²) >= 11 is 0. The SMILES string of the molecule is N/C(=N/O)c1ccncc1Oc1ccc([N+](=O)[O-])c(F)c1. The normalized spacial score (nSPS) is 11.2. The van der Waals surface area contributed by atoms with Crippen LogP contribution in [0.1, 0.15) is 5.56 Å². The third-order valence-electron chi connectivity index (χ3n) is 2.51. The van der Waals surface area contributed by atoms with Crippen LogP contribution in [0, 0.1) is 15.9 Å². The van der Waals surface area contributed by atoms with Gasteiger partial charge in [-0.2, -0.15) is 4.39 Å². The van der Waals surface area contributed by atoms with E-state index in [1.807, 2.05) is 0 Å². The van der Waals surface area contributed by atoms with E-state index in [-0.39, 0.29) is 22.9 Å². The molecular weight excluding hydrogens is 283 g/mol. The average molecular weight is 292 g/mol. The maximum Gasteiger partial charge on any atom is 0.305 e. The van der Waals surface area contributed by atoms with E-state index in [0.717, 1.165) is 12.1 Å². The molecule has 0 aliphatic carbocycles. The minimum atomic E-state index is -1.04. The van der Waals surface area contributed by atoms with E-state index < -0.39 is 16.4 Å². The summed E-state index contributed by atoms with van der Waals surface area (Å²) in [6, 6.07) is 4.50. The highest BCUT2D eigenvalue weighted by Gasteiger charge is 2.16. The van der Waals surface area contributed by atoms with Gasteiger partial charge in [0.1, 0.15) is 5.75 Å². The summed E-state index contributed by atoms with van der Waals surface area (Å²) in [6.45, 7) is 0. The van der Waals surface area contributed by atoms with E-state index >= 15 is 0 Å². The second-order valence-corrected chi connectivity index (χ2v) is 3.83. The highest BCUT2D eigenvalue weighted by atomic mass is 19.1. The Hall–Kier alpha value is -3.23. The van der Waals surface area contributed by atoms with Crippen molar-refractivity contribution in [2.45, 2.75) is 0 Å². The number of pyridine rings is 1. The van der Waals surface area contributed by atoms with Crippen molar-refractivity contribution in [2.75, 3.05) is 0 Å². The van der Waals surface area contributed by atoms with Crippen LogP contribution in [0.5, 0.6) is 11.5 Å². The minimum Gasteiger partial charge on any atom is -0.455 e. The fraction of sp³-hybridized carbons (Fsp3) is 0. The number of aromatic nitrogens is 1. The maximum absolute atomic E-state index is 13.5. The van der Waals surface area contributed by atoms with Gasteiger partial charge in [-0.25, -0.2) is 0 Å². The number of nitrogens with zero attached hydrogens (tertiary/aromatic N) is 3. The molecule has 0 bridgehead atoms. The molecule has 0 fully saturated rings. The molecule has 108 valence electrons. The minimum absolute atomic E-state index is 0.0121. The van der Waals surface area contributed by atoms with E-state index in [4.69, 9.17) is 15.7 Å². The second kappa shape index (κ2) is 5.82. The molecule has 8 nitrogen and oxygen atoms in total. The number of rotatable bonds is 4. The van der Waals surface area contributed by atoms with Crippen molar-refractivity contribution in [1.82, 2.24) is 4.98 Å². The lowest BCUT2D eigenvalue weighted by molar-refractivity contribution is -0.387. The molecule has 9 heteroatoms. The van der Waals surface area contributed by atoms with Crippen molar-refractivity contribution in [3.8, 4) is 11.5 Å². The lowest BCUT2D eigenvalue weighted by atomic mass is 10.2. The fourth-order valence-electron chi connectivity index (χ4n) is 1.55. The second-order valence-electron chi connectivity index (χ2n) is 3.83. The van der Waals surface area contributed by atoms with Crippen molar-refractivity contribution in [3.63, 3.8) is 0 Å². The Morgan fingerprint density at radius 2 is 2.24 bits per heavy atom. The predicted molar refractivity (Wildman–Crippen MR) is 69.9 cm³/mol. The number of benzene rings is 1. The highest BCUT2D eigenvalue weighted by molar-refractivity contribution is 5.99. The monoisotopic (exact) mass is 292 g/mol. The molecule has 0 atom stereocenters. The largest absolute Gasteiger partial charge is 0.455 e. The molecule has 2 rings (SSSR count). The Bertz CT molecular complexity index is 720. The van der Waals surface area contributed by atoms with Crippen LogP contribution in [0.4, 0.5) is 10.1 Å². The van der Waals surface area contributed by atoms with E-state index in [0.29, 0.717) is 0 Å². The molecule has 21 heavy (non-hydrogen) atoms. The Labute approximate surface area is 117 Å². The van der Waals surface area contributed by atoms with Crippen LogP contribution in [-0.2, 0) is 0 Å². The molecule has 2 aromatic rings. The number of oxime groups is 1. The van der Waals surface area contributed by atoms with E-state index in [9.17, 15) is 14.5 Å². The lowest BCUT2D eigenvalue weighted by Gasteiger charge is -2.09. The smallest absolute Gasteiger partial charge is 0.305 e. The van der Waals surface area contributed by atoms with Gasteiger partial charge >= 0.3 is 5.69 Å². The van der Waals surface area contributed by atoms with Crippen LogP contribution in [0.15, 0.2) is 41.8 Å². The van der Waals surface area contributed by atoms with E-state index in [1.165, 1.54) is 24.5 Å². The first-order valence-electron chi connectivity index (χ1n) is 5.56. The third kappa shape index (κ3) is 3.03. The van der Waals surface area contributed by atoms with E-state index in [2.05, 4.69) is 10.1 Å². The molecule has 0 spiro atoms. The van der Waals surface area contributed by atoms with Gasteiger partial charge in [-0.3, -0.25) is 15.1 Å². The van der Waals surface area contributed by atoms with Crippen LogP contribution in [0.3, 0.4) is 0 Å². The Balaban J connectivity index is 2.35. The Morgan fingerprint density at radius 1 is 1.48 bits per heavy atom. The quantitative estimate of drug-likeness (QED) is 0.292. The number of nitro groups is 1. The molecular formula is C12H9FN4O4. The van der Waals surface area contributed by atoms with Crippen LogP contribution in [-0.4, -0.2) is 21.0 Å². The zero-order valence-electron chi connectivity index (χ0n) is 10.4. The molecule has 0 amide bonds. The Morgan fingerprint density at radius 3 is 2.86 bits per heavy atom. The summed E-state index contributed by atoms with van der Waals surface area (Å²) in [4.78, 5) is 13.5. The zero-order valence-corrected chi connectivity index (χ0v) is 10.4. The van der Waals surface area contributed by atoms with Gasteiger partial charge in [0.15, 0.2) is 11.6 Å². The maximum atomic E-state index is 13.5. The number of hydrogen-bond acceptors (Lipinski definition) is 6. The first-order valence-corrected chi connectivity index (χ1v) is 5.56. The average Bonchev–Trinajstić information content (AvgIpc) is 2.46. The number of amidine groups is 1. The lowest BCUT2D eigenvalue weighted by Crippen LogP contribution is -2.14. The van der Waals surface area contributed by atoms with Crippen molar-refractivity contribution < 1.29 is 19.3 Å². The molecule has 1 aromatic carbocycles. The molecule has 0 aliphatic heterocycles. The van der Waals surface area contributed by atoms with Crippen molar-refractivity contribution in [1.29, 1.82) is 0 Å². The molecule has 0 unspecified atom stereocenters. The predicted octanol–water partition coefficient (Wildman–Crippen LogP) is 2.02. The first kappa shape index (κ1) is 14.2. The van der Waals surface area contributed by atoms with Crippen molar-refractivity contribution in [3.05, 3.63) is 58.2 Å². The van der Waals surface area contributed by atoms with Gasteiger partial charge in [0.2, 0.25) is 5.82 Å². The van der Waals surface area contributed by atoms with Gasteiger partial charge < -0.3 is 15.7 Å². The van der Waals surface area contributed by atoms with Crippen LogP contribution >= 0.6 is 0 Å². The molecule has 0 saturated heterocycles. The first-order chi connectivity index (χ1) is 10.0. The van der Waals surface area contributed by atoms with Crippen LogP contribution in [0.2, 0.25) is 0 Å². The molecule has 0 saturated carbocycles. The topological polar surface area (TPSA) is 124 Å². The molecule has 0 radical (unpaired) electrons. The highest BCUT2D eigenvalue weighted by Crippen LogP contribution is 2.28. The van der Waals surface area contributed by atoms with Gasteiger partial charge in [0.05, 0.1) is 16.7 Å². The van der Waals surface area contributed by atoms with Gasteiger partial charge in [-0.05, 0) is 12.1 Å². The van der Waals surface area contributed by atoms with Crippen LogP contribution < -0.4 is 10.5 Å². The van der Waals surface area contributed by atoms with Gasteiger partial charge in [0.25, 0.3) is 0 Å². The van der Waals surface area contributed by atoms with Gasteiger partial charge in [-0.15, -0.1) is 0 Å². The molecule has 1 aromatic heterocycles. The summed E-state index contributed by atoms with van der Waals surface area (Å²) in [7, 11) is 0. The van der Waals surface area contributed by atoms with Crippen molar-refractivity contribution >= 4 is 11.5 Å². The number of nitro benzene ring substituents is 1. The molecule has 1 heterocycles. The molecule has 0 aliphatic rings. The number of nitrogens with two attached hydrogens (primary N) is 1. The number of ether oxygens (including phenoxy) is 1. The summed E-state index contributed by atoms with van der Waals surface area (Å²) in [6.07, 6.45) is 2.68. The Kier molecular flexibility index (Phi) is 3.93. The van der Waals surface area contributed by atoms with E-state index in [1.54, 1.807) is 0 Å². The zero-order chi connectivity index (χ0) is 15.4. The molecule has 3 N–H and O–H groups in total. The van der Waals surface area contributed by atoms with Crippen LogP contribution in [0.25, 0.3) is 0 Å². The summed E-state index contributed by atoms with van der Waals surface area (Å²) in [5.74, 6) is -1.12. The van der Waals surface area contributed by atoms with Crippen molar-refractivity contribution in [2.24, 2.45) is 10.9 Å². The third-order valence-corrected chi connectivity index (χ3v) is 2.51. The van der Waals surface area contributed by atoms with Gasteiger partial charge in [0, 0.05) is 18.3 Å².